The third kappa shape index (κ3) is 3.11. The topological polar surface area (TPSA) is 69.2 Å². The van der Waals surface area contributed by atoms with E-state index in [1.54, 1.807) is 24.8 Å². The molecule has 0 amide bonds. The van der Waals surface area contributed by atoms with E-state index in [9.17, 15) is 10.1 Å². The molecule has 0 bridgehead atoms. The first-order valence-corrected chi connectivity index (χ1v) is 7.19. The Morgan fingerprint density at radius 1 is 1.25 bits per heavy atom. The van der Waals surface area contributed by atoms with Gasteiger partial charge in [-0.2, -0.15) is 0 Å². The first-order chi connectivity index (χ1) is 9.49. The molecule has 0 aliphatic heterocycles. The average molecular weight is 288 g/mol. The summed E-state index contributed by atoms with van der Waals surface area (Å²) < 4.78 is 0. The molecule has 0 heterocycles. The number of thioether (sulfide) groups is 1. The lowest BCUT2D eigenvalue weighted by Gasteiger charge is -2.09. The number of rotatable bonds is 4. The summed E-state index contributed by atoms with van der Waals surface area (Å²) in [5.41, 5.74) is 9.68. The molecule has 0 spiro atoms. The number of nitrogen functional groups attached to an aromatic ring is 1. The summed E-state index contributed by atoms with van der Waals surface area (Å²) in [7, 11) is 0. The molecule has 0 aliphatic rings. The first kappa shape index (κ1) is 14.4. The van der Waals surface area contributed by atoms with Crippen molar-refractivity contribution in [1.82, 2.24) is 0 Å². The second-order valence-corrected chi connectivity index (χ2v) is 5.67. The van der Waals surface area contributed by atoms with Crippen LogP contribution in [0.1, 0.15) is 16.7 Å². The van der Waals surface area contributed by atoms with Crippen molar-refractivity contribution >= 4 is 23.1 Å². The number of benzene rings is 2. The second kappa shape index (κ2) is 5.96. The molecule has 0 saturated carbocycles. The lowest BCUT2D eigenvalue weighted by Crippen LogP contribution is -1.96. The number of nitro benzene ring substituents is 1. The molecule has 104 valence electrons. The van der Waals surface area contributed by atoms with Crippen LogP contribution in [0.5, 0.6) is 0 Å². The van der Waals surface area contributed by atoms with Gasteiger partial charge in [0.1, 0.15) is 0 Å². The zero-order valence-corrected chi connectivity index (χ0v) is 12.2. The maximum atomic E-state index is 10.9. The highest BCUT2D eigenvalue weighted by Crippen LogP contribution is 2.31. The molecule has 0 atom stereocenters. The molecule has 20 heavy (non-hydrogen) atoms. The van der Waals surface area contributed by atoms with E-state index in [1.807, 2.05) is 31.2 Å². The minimum atomic E-state index is -0.343. The molecule has 5 heteroatoms. The molecule has 0 fully saturated rings. The highest BCUT2D eigenvalue weighted by Gasteiger charge is 2.13. The van der Waals surface area contributed by atoms with Gasteiger partial charge in [0.05, 0.1) is 4.92 Å². The van der Waals surface area contributed by atoms with Gasteiger partial charge in [0.15, 0.2) is 0 Å². The van der Waals surface area contributed by atoms with Crippen molar-refractivity contribution in [3.63, 3.8) is 0 Å². The first-order valence-electron chi connectivity index (χ1n) is 6.21. The number of hydrogen-bond acceptors (Lipinski definition) is 4. The summed E-state index contributed by atoms with van der Waals surface area (Å²) in [6.45, 7) is 3.80. The van der Waals surface area contributed by atoms with Crippen LogP contribution >= 0.6 is 11.8 Å². The molecule has 2 aromatic rings. The van der Waals surface area contributed by atoms with Crippen LogP contribution in [0.3, 0.4) is 0 Å². The summed E-state index contributed by atoms with van der Waals surface area (Å²) in [4.78, 5) is 11.6. The van der Waals surface area contributed by atoms with Crippen LogP contribution in [-0.2, 0) is 5.75 Å². The number of hydrogen-bond donors (Lipinski definition) is 1. The average Bonchev–Trinajstić information content (AvgIpc) is 2.41. The standard InChI is InChI=1S/C15H16N2O2S/c1-10-6-7-13(16)15(8-10)20-9-12-4-3-5-14(11(12)2)17(18)19/h3-8H,9,16H2,1-2H3. The fraction of sp³-hybridized carbons (Fsp3) is 0.200. The largest absolute Gasteiger partial charge is 0.398 e. The molecule has 0 saturated heterocycles. The fourth-order valence-corrected chi connectivity index (χ4v) is 3.07. The van der Waals surface area contributed by atoms with Gasteiger partial charge in [0.2, 0.25) is 0 Å². The zero-order valence-electron chi connectivity index (χ0n) is 11.4. The van der Waals surface area contributed by atoms with E-state index >= 15 is 0 Å². The summed E-state index contributed by atoms with van der Waals surface area (Å²) in [5, 5.41) is 10.9. The van der Waals surface area contributed by atoms with Gasteiger partial charge in [0.25, 0.3) is 5.69 Å². The Bertz CT molecular complexity index is 656. The Hall–Kier alpha value is -2.01. The van der Waals surface area contributed by atoms with Crippen molar-refractivity contribution in [2.24, 2.45) is 0 Å². The number of nitrogens with zero attached hydrogens (tertiary/aromatic N) is 1. The number of anilines is 1. The molecule has 2 rings (SSSR count). The summed E-state index contributed by atoms with van der Waals surface area (Å²) in [5.74, 6) is 0.668. The van der Waals surface area contributed by atoms with Gasteiger partial charge < -0.3 is 5.73 Å². The Morgan fingerprint density at radius 2 is 2.00 bits per heavy atom. The molecule has 4 nitrogen and oxygen atoms in total. The quantitative estimate of drug-likeness (QED) is 0.398. The number of nitro groups is 1. The SMILES string of the molecule is Cc1ccc(N)c(SCc2cccc([N+](=O)[O-])c2C)c1. The minimum absolute atomic E-state index is 0.167. The van der Waals surface area contributed by atoms with Crippen molar-refractivity contribution in [1.29, 1.82) is 0 Å². The predicted octanol–water partition coefficient (Wildman–Crippen LogP) is 4.09. The van der Waals surface area contributed by atoms with Crippen LogP contribution in [0.4, 0.5) is 11.4 Å². The van der Waals surface area contributed by atoms with Gasteiger partial charge in [-0.1, -0.05) is 18.2 Å². The Labute approximate surface area is 122 Å². The van der Waals surface area contributed by atoms with Gasteiger partial charge in [-0.3, -0.25) is 10.1 Å². The van der Waals surface area contributed by atoms with Crippen LogP contribution < -0.4 is 5.73 Å². The Balaban J connectivity index is 2.21. The molecule has 0 aliphatic carbocycles. The highest BCUT2D eigenvalue weighted by atomic mass is 32.2. The molecule has 2 N–H and O–H groups in total. The Morgan fingerprint density at radius 3 is 2.70 bits per heavy atom. The van der Waals surface area contributed by atoms with Crippen LogP contribution in [0.2, 0.25) is 0 Å². The monoisotopic (exact) mass is 288 g/mol. The zero-order chi connectivity index (χ0) is 14.7. The number of aryl methyl sites for hydroxylation is 1. The lowest BCUT2D eigenvalue weighted by atomic mass is 10.1. The lowest BCUT2D eigenvalue weighted by molar-refractivity contribution is -0.385. The van der Waals surface area contributed by atoms with Gasteiger partial charge in [-0.15, -0.1) is 11.8 Å². The molecule has 0 aromatic heterocycles. The molecular formula is C15H16N2O2S. The van der Waals surface area contributed by atoms with E-state index in [0.29, 0.717) is 5.75 Å². The van der Waals surface area contributed by atoms with Crippen LogP contribution in [0.15, 0.2) is 41.3 Å². The third-order valence-electron chi connectivity index (χ3n) is 3.17. The van der Waals surface area contributed by atoms with Gasteiger partial charge >= 0.3 is 0 Å². The normalized spacial score (nSPS) is 10.5. The van der Waals surface area contributed by atoms with E-state index in [4.69, 9.17) is 5.73 Å². The van der Waals surface area contributed by atoms with Crippen LogP contribution in [0, 0.1) is 24.0 Å². The summed E-state index contributed by atoms with van der Waals surface area (Å²) in [6.07, 6.45) is 0. The van der Waals surface area contributed by atoms with Crippen molar-refractivity contribution in [2.45, 2.75) is 24.5 Å². The maximum absolute atomic E-state index is 10.9. The van der Waals surface area contributed by atoms with Crippen molar-refractivity contribution in [3.8, 4) is 0 Å². The van der Waals surface area contributed by atoms with E-state index < -0.39 is 0 Å². The maximum Gasteiger partial charge on any atom is 0.272 e. The summed E-state index contributed by atoms with van der Waals surface area (Å²) >= 11 is 1.60. The van der Waals surface area contributed by atoms with Crippen molar-refractivity contribution in [2.75, 3.05) is 5.73 Å². The Kier molecular flexibility index (Phi) is 4.29. The summed E-state index contributed by atoms with van der Waals surface area (Å²) in [6, 6.07) is 11.1. The van der Waals surface area contributed by atoms with Crippen molar-refractivity contribution in [3.05, 3.63) is 63.2 Å². The van der Waals surface area contributed by atoms with E-state index in [-0.39, 0.29) is 10.6 Å². The van der Waals surface area contributed by atoms with Crippen LogP contribution in [0.25, 0.3) is 0 Å². The minimum Gasteiger partial charge on any atom is -0.398 e. The predicted molar refractivity (Wildman–Crippen MR) is 83.0 cm³/mol. The van der Waals surface area contributed by atoms with E-state index in [0.717, 1.165) is 27.3 Å². The highest BCUT2D eigenvalue weighted by molar-refractivity contribution is 7.98. The third-order valence-corrected chi connectivity index (χ3v) is 4.29. The van der Waals surface area contributed by atoms with E-state index in [1.165, 1.54) is 6.07 Å². The molecule has 0 unspecified atom stereocenters. The molecule has 0 radical (unpaired) electrons. The van der Waals surface area contributed by atoms with Gasteiger partial charge in [-0.05, 0) is 37.1 Å². The second-order valence-electron chi connectivity index (χ2n) is 4.65. The van der Waals surface area contributed by atoms with Crippen LogP contribution in [-0.4, -0.2) is 4.92 Å². The van der Waals surface area contributed by atoms with Gasteiger partial charge in [-0.25, -0.2) is 0 Å². The van der Waals surface area contributed by atoms with Gasteiger partial charge in [0, 0.05) is 28.0 Å². The molecule has 2 aromatic carbocycles. The molecular weight excluding hydrogens is 272 g/mol. The smallest absolute Gasteiger partial charge is 0.272 e. The number of nitrogens with two attached hydrogens (primary N) is 1. The van der Waals surface area contributed by atoms with Crippen molar-refractivity contribution < 1.29 is 4.92 Å². The van der Waals surface area contributed by atoms with E-state index in [2.05, 4.69) is 0 Å². The fourth-order valence-electron chi connectivity index (χ4n) is 1.95.